The van der Waals surface area contributed by atoms with Crippen LogP contribution in [0.25, 0.3) is 0 Å². The summed E-state index contributed by atoms with van der Waals surface area (Å²) in [6.45, 7) is 5.59. The van der Waals surface area contributed by atoms with E-state index < -0.39 is 0 Å². The van der Waals surface area contributed by atoms with Crippen molar-refractivity contribution < 1.29 is 0 Å². The number of aliphatic imine (C=N–C) groups is 1. The molecule has 0 spiro atoms. The minimum absolute atomic E-state index is 0.458. The van der Waals surface area contributed by atoms with Crippen molar-refractivity contribution in [3.05, 3.63) is 48.2 Å². The molecule has 0 radical (unpaired) electrons. The third kappa shape index (κ3) is 11.6. The summed E-state index contributed by atoms with van der Waals surface area (Å²) in [5.74, 6) is 1.24. The van der Waals surface area contributed by atoms with Gasteiger partial charge >= 0.3 is 0 Å². The number of benzene rings is 1. The Hall–Kier alpha value is -1.57. The van der Waals surface area contributed by atoms with E-state index in [0.717, 1.165) is 19.4 Å². The summed E-state index contributed by atoms with van der Waals surface area (Å²) in [6.07, 6.45) is 26.4. The minimum atomic E-state index is 0.458. The van der Waals surface area contributed by atoms with Crippen LogP contribution in [0.4, 0.5) is 0 Å². The lowest BCUT2D eigenvalue weighted by molar-refractivity contribution is 0.521. The van der Waals surface area contributed by atoms with E-state index in [1.54, 1.807) is 0 Å². The second kappa shape index (κ2) is 17.0. The Kier molecular flexibility index (Phi) is 14.1. The van der Waals surface area contributed by atoms with Crippen molar-refractivity contribution in [3.63, 3.8) is 0 Å². The average molecular weight is 425 g/mol. The van der Waals surface area contributed by atoms with Crippen LogP contribution in [0.1, 0.15) is 116 Å². The van der Waals surface area contributed by atoms with E-state index in [-0.39, 0.29) is 0 Å². The van der Waals surface area contributed by atoms with Crippen molar-refractivity contribution >= 4 is 5.84 Å². The molecule has 0 N–H and O–H groups in total. The Morgan fingerprint density at radius 3 is 1.97 bits per heavy atom. The molecule has 1 aliphatic rings. The quantitative estimate of drug-likeness (QED) is 0.215. The van der Waals surface area contributed by atoms with Crippen molar-refractivity contribution in [1.29, 1.82) is 0 Å². The highest BCUT2D eigenvalue weighted by Gasteiger charge is 2.21. The van der Waals surface area contributed by atoms with Crippen LogP contribution in [0.2, 0.25) is 0 Å². The van der Waals surface area contributed by atoms with Crippen molar-refractivity contribution in [2.45, 2.75) is 123 Å². The van der Waals surface area contributed by atoms with Gasteiger partial charge in [-0.3, -0.25) is 4.99 Å². The summed E-state index contributed by atoms with van der Waals surface area (Å²) in [5.41, 5.74) is 1.35. The van der Waals surface area contributed by atoms with Gasteiger partial charge in [0, 0.05) is 19.2 Å². The Balaban J connectivity index is 1.50. The summed E-state index contributed by atoms with van der Waals surface area (Å²) in [5, 5.41) is 0. The second-order valence-electron chi connectivity index (χ2n) is 9.34. The molecule has 1 aromatic rings. The molecule has 31 heavy (non-hydrogen) atoms. The number of rotatable bonds is 18. The van der Waals surface area contributed by atoms with Gasteiger partial charge in [0.1, 0.15) is 5.84 Å². The smallest absolute Gasteiger partial charge is 0.108 e. The molecule has 2 rings (SSSR count). The lowest BCUT2D eigenvalue weighted by Gasteiger charge is -2.16. The third-order valence-corrected chi connectivity index (χ3v) is 6.51. The first-order valence-electron chi connectivity index (χ1n) is 13.4. The van der Waals surface area contributed by atoms with Crippen molar-refractivity contribution in [2.75, 3.05) is 6.54 Å². The first kappa shape index (κ1) is 25.7. The fourth-order valence-corrected chi connectivity index (χ4v) is 4.43. The van der Waals surface area contributed by atoms with Crippen LogP contribution < -0.4 is 0 Å². The predicted octanol–water partition coefficient (Wildman–Crippen LogP) is 8.72. The molecule has 0 aliphatic carbocycles. The first-order chi connectivity index (χ1) is 15.3. The molecule has 2 nitrogen and oxygen atoms in total. The molecule has 0 saturated heterocycles. The molecule has 1 unspecified atom stereocenters. The first-order valence-corrected chi connectivity index (χ1v) is 13.4. The van der Waals surface area contributed by atoms with Gasteiger partial charge < -0.3 is 4.90 Å². The van der Waals surface area contributed by atoms with Gasteiger partial charge in [-0.25, -0.2) is 0 Å². The third-order valence-electron chi connectivity index (χ3n) is 6.51. The number of unbranched alkanes of at least 4 members (excludes halogenated alkanes) is 13. The Morgan fingerprint density at radius 2 is 1.39 bits per heavy atom. The molecule has 174 valence electrons. The largest absolute Gasteiger partial charge is 0.335 e. The highest BCUT2D eigenvalue weighted by Crippen LogP contribution is 2.17. The molecule has 1 heterocycles. The number of hydrogen-bond donors (Lipinski definition) is 0. The molecule has 0 saturated carbocycles. The van der Waals surface area contributed by atoms with Gasteiger partial charge in [-0.05, 0) is 24.8 Å². The maximum atomic E-state index is 4.96. The van der Waals surface area contributed by atoms with Crippen molar-refractivity contribution in [1.82, 2.24) is 4.90 Å². The highest BCUT2D eigenvalue weighted by atomic mass is 15.2. The lowest BCUT2D eigenvalue weighted by atomic mass is 10.0. The summed E-state index contributed by atoms with van der Waals surface area (Å²) in [7, 11) is 0. The van der Waals surface area contributed by atoms with Crippen LogP contribution >= 0.6 is 0 Å². The lowest BCUT2D eigenvalue weighted by Crippen LogP contribution is -2.25. The molecule has 1 aromatic carbocycles. The number of nitrogens with zero attached hydrogens (tertiary/aromatic N) is 2. The maximum Gasteiger partial charge on any atom is 0.108 e. The standard InChI is InChI=1S/C29H48N2/c1-3-5-6-7-8-9-10-11-12-13-14-15-16-17-21-24-31-26-28(4-2)30-29(31)25-27-22-19-18-20-23-27/h18-24,28H,3-17,25-26H2,1-2H3. The van der Waals surface area contributed by atoms with E-state index >= 15 is 0 Å². The fraction of sp³-hybridized carbons (Fsp3) is 0.690. The van der Waals surface area contributed by atoms with Gasteiger partial charge in [-0.1, -0.05) is 127 Å². The zero-order valence-corrected chi connectivity index (χ0v) is 20.5. The van der Waals surface area contributed by atoms with Gasteiger partial charge in [0.05, 0.1) is 6.04 Å². The molecular weight excluding hydrogens is 376 g/mol. The molecule has 1 aliphatic heterocycles. The molecule has 0 fully saturated rings. The normalized spacial score (nSPS) is 16.4. The molecule has 1 atom stereocenters. The number of allylic oxidation sites excluding steroid dienone is 1. The van der Waals surface area contributed by atoms with E-state index in [1.807, 2.05) is 0 Å². The Morgan fingerprint density at radius 1 is 0.806 bits per heavy atom. The Labute approximate surface area is 193 Å². The molecular formula is C29H48N2. The van der Waals surface area contributed by atoms with Crippen LogP contribution in [0.3, 0.4) is 0 Å². The summed E-state index contributed by atoms with van der Waals surface area (Å²) in [4.78, 5) is 7.36. The van der Waals surface area contributed by atoms with Crippen LogP contribution in [-0.2, 0) is 6.42 Å². The monoisotopic (exact) mass is 424 g/mol. The van der Waals surface area contributed by atoms with Gasteiger partial charge in [0.15, 0.2) is 0 Å². The van der Waals surface area contributed by atoms with Crippen molar-refractivity contribution in [3.8, 4) is 0 Å². The van der Waals surface area contributed by atoms with Gasteiger partial charge in [0.2, 0.25) is 0 Å². The minimum Gasteiger partial charge on any atom is -0.335 e. The van der Waals surface area contributed by atoms with Crippen molar-refractivity contribution in [2.24, 2.45) is 4.99 Å². The van der Waals surface area contributed by atoms with Crippen LogP contribution in [-0.4, -0.2) is 23.3 Å². The number of amidine groups is 1. The second-order valence-corrected chi connectivity index (χ2v) is 9.34. The topological polar surface area (TPSA) is 15.6 Å². The summed E-state index contributed by atoms with van der Waals surface area (Å²) >= 11 is 0. The summed E-state index contributed by atoms with van der Waals surface area (Å²) < 4.78 is 0. The molecule has 0 amide bonds. The van der Waals surface area contributed by atoms with Gasteiger partial charge in [-0.2, -0.15) is 0 Å². The van der Waals surface area contributed by atoms with Gasteiger partial charge in [-0.15, -0.1) is 0 Å². The highest BCUT2D eigenvalue weighted by molar-refractivity contribution is 5.87. The van der Waals surface area contributed by atoms with E-state index in [0.29, 0.717) is 6.04 Å². The SMILES string of the molecule is CCCCCCCCCCCCCCCC=CN1CC(CC)N=C1Cc1ccccc1. The predicted molar refractivity (Wildman–Crippen MR) is 138 cm³/mol. The maximum absolute atomic E-state index is 4.96. The van der Waals surface area contributed by atoms with Crippen LogP contribution in [0.15, 0.2) is 47.6 Å². The van der Waals surface area contributed by atoms with E-state index in [2.05, 4.69) is 61.4 Å². The van der Waals surface area contributed by atoms with Crippen LogP contribution in [0.5, 0.6) is 0 Å². The summed E-state index contributed by atoms with van der Waals surface area (Å²) in [6, 6.07) is 11.2. The average Bonchev–Trinajstić information content (AvgIpc) is 3.18. The molecule has 0 bridgehead atoms. The van der Waals surface area contributed by atoms with Crippen LogP contribution in [0, 0.1) is 0 Å². The molecule has 2 heteroatoms. The van der Waals surface area contributed by atoms with E-state index in [1.165, 1.54) is 101 Å². The van der Waals surface area contributed by atoms with E-state index in [4.69, 9.17) is 4.99 Å². The number of hydrogen-bond acceptors (Lipinski definition) is 2. The van der Waals surface area contributed by atoms with E-state index in [9.17, 15) is 0 Å². The fourth-order valence-electron chi connectivity index (χ4n) is 4.43. The zero-order chi connectivity index (χ0) is 22.0. The zero-order valence-electron chi connectivity index (χ0n) is 20.5. The Bertz CT molecular complexity index is 604. The van der Waals surface area contributed by atoms with Gasteiger partial charge in [0.25, 0.3) is 0 Å². The molecule has 0 aromatic heterocycles.